The molecule has 6 nitrogen and oxygen atoms in total. The zero-order valence-electron chi connectivity index (χ0n) is 12.7. The minimum Gasteiger partial charge on any atom is -0.396 e. The van der Waals surface area contributed by atoms with Crippen molar-refractivity contribution in [1.29, 1.82) is 0 Å². The number of sulfonamides is 1. The Morgan fingerprint density at radius 1 is 1.29 bits per heavy atom. The first-order valence-corrected chi connectivity index (χ1v) is 8.37. The minimum atomic E-state index is -3.55. The van der Waals surface area contributed by atoms with E-state index in [0.29, 0.717) is 18.9 Å². The molecule has 0 atom stereocenters. The summed E-state index contributed by atoms with van der Waals surface area (Å²) in [6.07, 6.45) is 1.72. The summed E-state index contributed by atoms with van der Waals surface area (Å²) in [5.74, 6) is 0. The number of nitrogen functional groups attached to an aromatic ring is 1. The molecule has 0 bridgehead atoms. The van der Waals surface area contributed by atoms with Gasteiger partial charge in [0.05, 0.1) is 11.4 Å². The van der Waals surface area contributed by atoms with E-state index in [0.717, 1.165) is 12.8 Å². The topological polar surface area (TPSA) is 84.7 Å². The van der Waals surface area contributed by atoms with Crippen LogP contribution in [-0.2, 0) is 14.8 Å². The van der Waals surface area contributed by atoms with E-state index in [9.17, 15) is 8.42 Å². The minimum absolute atomic E-state index is 0.132. The Morgan fingerprint density at radius 3 is 2.48 bits per heavy atom. The summed E-state index contributed by atoms with van der Waals surface area (Å²) < 4.78 is 31.1. The van der Waals surface area contributed by atoms with Gasteiger partial charge in [0, 0.05) is 32.8 Å². The van der Waals surface area contributed by atoms with Crippen LogP contribution < -0.4 is 11.1 Å². The summed E-state index contributed by atoms with van der Waals surface area (Å²) in [7, 11) is -0.558. The molecule has 1 fully saturated rings. The van der Waals surface area contributed by atoms with Gasteiger partial charge in [-0.15, -0.1) is 0 Å². The van der Waals surface area contributed by atoms with Crippen molar-refractivity contribution in [3.8, 4) is 0 Å². The third-order valence-electron chi connectivity index (χ3n) is 3.86. The lowest BCUT2D eigenvalue weighted by Gasteiger charge is -2.36. The van der Waals surface area contributed by atoms with Crippen molar-refractivity contribution in [2.24, 2.45) is 0 Å². The summed E-state index contributed by atoms with van der Waals surface area (Å²) in [4.78, 5) is 0.133. The highest BCUT2D eigenvalue weighted by molar-refractivity contribution is 7.89. The number of nitrogens with one attached hydrogen (secondary N) is 1. The van der Waals surface area contributed by atoms with E-state index < -0.39 is 10.0 Å². The summed E-state index contributed by atoms with van der Waals surface area (Å²) in [6.45, 7) is 3.49. The lowest BCUT2D eigenvalue weighted by atomic mass is 9.92. The van der Waals surface area contributed by atoms with E-state index in [1.807, 2.05) is 6.07 Å². The first-order valence-electron chi connectivity index (χ1n) is 6.93. The molecule has 1 heterocycles. The van der Waals surface area contributed by atoms with Crippen molar-refractivity contribution >= 4 is 21.4 Å². The molecule has 2 rings (SSSR count). The second-order valence-corrected chi connectivity index (χ2v) is 7.92. The van der Waals surface area contributed by atoms with E-state index in [1.54, 1.807) is 6.07 Å². The molecule has 7 heteroatoms. The molecular weight excluding hydrogens is 290 g/mol. The van der Waals surface area contributed by atoms with Crippen LogP contribution in [0.5, 0.6) is 0 Å². The monoisotopic (exact) mass is 313 g/mol. The second kappa shape index (κ2) is 5.82. The van der Waals surface area contributed by atoms with Gasteiger partial charge in [0.1, 0.15) is 4.90 Å². The van der Waals surface area contributed by atoms with Gasteiger partial charge in [0.25, 0.3) is 0 Å². The van der Waals surface area contributed by atoms with Crippen molar-refractivity contribution in [3.05, 3.63) is 18.2 Å². The highest BCUT2D eigenvalue weighted by Crippen LogP contribution is 2.32. The zero-order valence-corrected chi connectivity index (χ0v) is 13.5. The van der Waals surface area contributed by atoms with Gasteiger partial charge in [-0.2, -0.15) is 0 Å². The Morgan fingerprint density at radius 2 is 1.90 bits per heavy atom. The van der Waals surface area contributed by atoms with E-state index in [2.05, 4.69) is 12.2 Å². The van der Waals surface area contributed by atoms with Crippen molar-refractivity contribution in [1.82, 2.24) is 4.31 Å². The number of rotatable bonds is 4. The summed E-state index contributed by atoms with van der Waals surface area (Å²) in [5.41, 5.74) is 6.87. The first kappa shape index (κ1) is 16.1. The van der Waals surface area contributed by atoms with Crippen LogP contribution in [0.25, 0.3) is 0 Å². The van der Waals surface area contributed by atoms with Crippen molar-refractivity contribution in [2.45, 2.75) is 30.2 Å². The highest BCUT2D eigenvalue weighted by Gasteiger charge is 2.29. The highest BCUT2D eigenvalue weighted by atomic mass is 32.2. The number of hydrogen-bond acceptors (Lipinski definition) is 5. The van der Waals surface area contributed by atoms with Crippen LogP contribution in [0.3, 0.4) is 0 Å². The summed E-state index contributed by atoms with van der Waals surface area (Å²) in [6, 6.07) is 5.05. The molecule has 0 saturated carbocycles. The lowest BCUT2D eigenvalue weighted by Crippen LogP contribution is -2.40. The molecule has 0 amide bonds. The molecule has 1 aromatic rings. The number of nitrogens with zero attached hydrogens (tertiary/aromatic N) is 1. The maximum absolute atomic E-state index is 12.3. The summed E-state index contributed by atoms with van der Waals surface area (Å²) in [5, 5.41) is 3.39. The first-order chi connectivity index (χ1) is 9.76. The van der Waals surface area contributed by atoms with Crippen molar-refractivity contribution in [2.75, 3.05) is 38.4 Å². The van der Waals surface area contributed by atoms with Gasteiger partial charge < -0.3 is 15.8 Å². The molecule has 1 saturated heterocycles. The van der Waals surface area contributed by atoms with Gasteiger partial charge in [0.15, 0.2) is 0 Å². The lowest BCUT2D eigenvalue weighted by molar-refractivity contribution is 0.0658. The molecular formula is C14H23N3O3S. The van der Waals surface area contributed by atoms with Gasteiger partial charge in [-0.05, 0) is 31.9 Å². The van der Waals surface area contributed by atoms with Crippen LogP contribution in [0.2, 0.25) is 0 Å². The Hall–Kier alpha value is -1.31. The SMILES string of the molecule is CN(C)S(=O)(=O)c1cccc(NC2(C)CCOCC2)c1N. The maximum atomic E-state index is 12.3. The average molecular weight is 313 g/mol. The maximum Gasteiger partial charge on any atom is 0.244 e. The van der Waals surface area contributed by atoms with Gasteiger partial charge in [-0.3, -0.25) is 0 Å². The fraction of sp³-hybridized carbons (Fsp3) is 0.571. The molecule has 0 unspecified atom stereocenters. The average Bonchev–Trinajstić information content (AvgIpc) is 2.41. The van der Waals surface area contributed by atoms with Crippen LogP contribution in [0, 0.1) is 0 Å². The van der Waals surface area contributed by atoms with Gasteiger partial charge in [0.2, 0.25) is 10.0 Å². The second-order valence-electron chi connectivity index (χ2n) is 5.80. The normalized spacial score (nSPS) is 18.7. The Balaban J connectivity index is 2.34. The Bertz CT molecular complexity index is 608. The van der Waals surface area contributed by atoms with Crippen LogP contribution in [0.4, 0.5) is 11.4 Å². The third-order valence-corrected chi connectivity index (χ3v) is 5.73. The van der Waals surface area contributed by atoms with E-state index >= 15 is 0 Å². The predicted octanol–water partition coefficient (Wildman–Crippen LogP) is 1.50. The molecule has 1 aromatic carbocycles. The molecule has 1 aliphatic rings. The van der Waals surface area contributed by atoms with Crippen LogP contribution in [0.1, 0.15) is 19.8 Å². The zero-order chi connectivity index (χ0) is 15.7. The van der Waals surface area contributed by atoms with Gasteiger partial charge >= 0.3 is 0 Å². The third kappa shape index (κ3) is 3.30. The van der Waals surface area contributed by atoms with E-state index in [1.165, 1.54) is 24.5 Å². The van der Waals surface area contributed by atoms with Gasteiger partial charge in [-0.25, -0.2) is 12.7 Å². The smallest absolute Gasteiger partial charge is 0.244 e. The molecule has 0 aliphatic carbocycles. The molecule has 3 N–H and O–H groups in total. The predicted molar refractivity (Wildman–Crippen MR) is 83.8 cm³/mol. The standard InChI is InChI=1S/C14H23N3O3S/c1-14(7-9-20-10-8-14)16-11-5-4-6-12(13(11)15)21(18,19)17(2)3/h4-6,16H,7-10,15H2,1-3H3. The number of ether oxygens (including phenoxy) is 1. The Labute approximate surface area is 126 Å². The fourth-order valence-corrected chi connectivity index (χ4v) is 3.38. The number of anilines is 2. The van der Waals surface area contributed by atoms with Crippen LogP contribution in [0.15, 0.2) is 23.1 Å². The summed E-state index contributed by atoms with van der Waals surface area (Å²) >= 11 is 0. The largest absolute Gasteiger partial charge is 0.396 e. The van der Waals surface area contributed by atoms with Crippen molar-refractivity contribution < 1.29 is 13.2 Å². The number of hydrogen-bond donors (Lipinski definition) is 2. The number of benzene rings is 1. The van der Waals surface area contributed by atoms with E-state index in [4.69, 9.17) is 10.5 Å². The molecule has 118 valence electrons. The fourth-order valence-electron chi connectivity index (χ4n) is 2.35. The van der Waals surface area contributed by atoms with E-state index in [-0.39, 0.29) is 16.1 Å². The molecule has 0 spiro atoms. The van der Waals surface area contributed by atoms with Crippen molar-refractivity contribution in [3.63, 3.8) is 0 Å². The van der Waals surface area contributed by atoms with Gasteiger partial charge in [-0.1, -0.05) is 6.07 Å². The molecule has 21 heavy (non-hydrogen) atoms. The number of nitrogens with two attached hydrogens (primary N) is 1. The Kier molecular flexibility index (Phi) is 4.46. The number of para-hydroxylation sites is 1. The van der Waals surface area contributed by atoms with Crippen LogP contribution in [-0.4, -0.2) is 45.6 Å². The molecule has 0 radical (unpaired) electrons. The quantitative estimate of drug-likeness (QED) is 0.823. The molecule has 0 aromatic heterocycles. The molecule has 1 aliphatic heterocycles. The van der Waals surface area contributed by atoms with Crippen LogP contribution >= 0.6 is 0 Å².